The second-order valence-electron chi connectivity index (χ2n) is 5.73. The Kier molecular flexibility index (Phi) is 3.84. The number of ether oxygens (including phenoxy) is 1. The fourth-order valence-corrected chi connectivity index (χ4v) is 4.76. The fourth-order valence-electron chi connectivity index (χ4n) is 3.14. The molecule has 0 spiro atoms. The lowest BCUT2D eigenvalue weighted by atomic mass is 9.99. The summed E-state index contributed by atoms with van der Waals surface area (Å²) in [5.41, 5.74) is 0.922. The molecule has 1 saturated heterocycles. The van der Waals surface area contributed by atoms with Crippen molar-refractivity contribution in [3.8, 4) is 0 Å². The molecule has 4 nitrogen and oxygen atoms in total. The van der Waals surface area contributed by atoms with Gasteiger partial charge in [-0.05, 0) is 37.3 Å². The van der Waals surface area contributed by atoms with Gasteiger partial charge in [0.15, 0.2) is 9.84 Å². The molecule has 0 bridgehead atoms. The van der Waals surface area contributed by atoms with Crippen molar-refractivity contribution in [3.63, 3.8) is 0 Å². The van der Waals surface area contributed by atoms with E-state index >= 15 is 0 Å². The fraction of sp³-hybridized carbons (Fsp3) is 0.600. The first kappa shape index (κ1) is 14.0. The lowest BCUT2D eigenvalue weighted by Crippen LogP contribution is -2.34. The van der Waals surface area contributed by atoms with Crippen LogP contribution in [-0.2, 0) is 14.6 Å². The molecule has 110 valence electrons. The highest BCUT2D eigenvalue weighted by Crippen LogP contribution is 2.32. The van der Waals surface area contributed by atoms with E-state index in [0.717, 1.165) is 25.1 Å². The van der Waals surface area contributed by atoms with Crippen LogP contribution in [0.1, 0.15) is 31.4 Å². The molecule has 3 unspecified atom stereocenters. The minimum atomic E-state index is -3.09. The van der Waals surface area contributed by atoms with Crippen molar-refractivity contribution in [2.45, 2.75) is 36.8 Å². The molecule has 20 heavy (non-hydrogen) atoms. The first-order chi connectivity index (χ1) is 9.58. The van der Waals surface area contributed by atoms with Crippen LogP contribution < -0.4 is 5.32 Å². The SMILES string of the molecule is CC1OCCC1CNC1CCS(=O)(=O)c2ccccc21. The molecule has 3 rings (SSSR count). The van der Waals surface area contributed by atoms with Gasteiger partial charge in [-0.25, -0.2) is 8.42 Å². The summed E-state index contributed by atoms with van der Waals surface area (Å²) >= 11 is 0. The Labute approximate surface area is 120 Å². The predicted octanol–water partition coefficient (Wildman–Crippen LogP) is 1.92. The molecular formula is C15H21NO3S. The Morgan fingerprint density at radius 2 is 2.10 bits per heavy atom. The Bertz CT molecular complexity index is 585. The van der Waals surface area contributed by atoms with Crippen molar-refractivity contribution in [3.05, 3.63) is 29.8 Å². The minimum Gasteiger partial charge on any atom is -0.378 e. The molecule has 1 fully saturated rings. The standard InChI is InChI=1S/C15H21NO3S/c1-11-12(6-8-19-11)10-16-14-7-9-20(17,18)15-5-3-2-4-13(14)15/h2-5,11-12,14,16H,6-10H2,1H3. The van der Waals surface area contributed by atoms with E-state index in [2.05, 4.69) is 12.2 Å². The third kappa shape index (κ3) is 2.62. The molecule has 0 amide bonds. The van der Waals surface area contributed by atoms with Gasteiger partial charge in [-0.1, -0.05) is 18.2 Å². The van der Waals surface area contributed by atoms with E-state index in [4.69, 9.17) is 4.74 Å². The molecule has 0 aliphatic carbocycles. The molecule has 2 aliphatic rings. The zero-order valence-electron chi connectivity index (χ0n) is 11.7. The Hall–Kier alpha value is -0.910. The van der Waals surface area contributed by atoms with Crippen LogP contribution in [-0.4, -0.2) is 33.4 Å². The summed E-state index contributed by atoms with van der Waals surface area (Å²) in [4.78, 5) is 0.500. The highest BCUT2D eigenvalue weighted by molar-refractivity contribution is 7.91. The Balaban J connectivity index is 1.75. The van der Waals surface area contributed by atoms with Gasteiger partial charge in [0.1, 0.15) is 0 Å². The molecule has 0 aromatic heterocycles. The van der Waals surface area contributed by atoms with Crippen LogP contribution in [0.15, 0.2) is 29.2 Å². The monoisotopic (exact) mass is 295 g/mol. The summed E-state index contributed by atoms with van der Waals surface area (Å²) in [7, 11) is -3.09. The van der Waals surface area contributed by atoms with Crippen molar-refractivity contribution in [1.82, 2.24) is 5.32 Å². The van der Waals surface area contributed by atoms with Gasteiger partial charge in [0.25, 0.3) is 0 Å². The van der Waals surface area contributed by atoms with E-state index in [-0.39, 0.29) is 11.8 Å². The van der Waals surface area contributed by atoms with Crippen LogP contribution in [0, 0.1) is 5.92 Å². The normalized spacial score (nSPS) is 31.9. The lowest BCUT2D eigenvalue weighted by molar-refractivity contribution is 0.105. The molecular weight excluding hydrogens is 274 g/mol. The van der Waals surface area contributed by atoms with Gasteiger partial charge in [-0.3, -0.25) is 0 Å². The van der Waals surface area contributed by atoms with E-state index in [1.807, 2.05) is 12.1 Å². The maximum Gasteiger partial charge on any atom is 0.178 e. The number of nitrogens with one attached hydrogen (secondary N) is 1. The predicted molar refractivity (Wildman–Crippen MR) is 77.4 cm³/mol. The maximum atomic E-state index is 12.1. The Morgan fingerprint density at radius 1 is 1.30 bits per heavy atom. The number of hydrogen-bond acceptors (Lipinski definition) is 4. The summed E-state index contributed by atoms with van der Waals surface area (Å²) in [6.45, 7) is 3.84. The summed E-state index contributed by atoms with van der Waals surface area (Å²) in [6, 6.07) is 7.50. The van der Waals surface area contributed by atoms with Crippen molar-refractivity contribution >= 4 is 9.84 Å². The average Bonchev–Trinajstić information content (AvgIpc) is 2.84. The number of fused-ring (bicyclic) bond motifs is 1. The van der Waals surface area contributed by atoms with Crippen LogP contribution in [0.2, 0.25) is 0 Å². The summed E-state index contributed by atoms with van der Waals surface area (Å²) < 4.78 is 29.7. The molecule has 3 atom stereocenters. The van der Waals surface area contributed by atoms with E-state index < -0.39 is 9.84 Å². The van der Waals surface area contributed by atoms with E-state index in [9.17, 15) is 8.42 Å². The summed E-state index contributed by atoms with van der Waals surface area (Å²) in [5.74, 6) is 0.763. The molecule has 2 heterocycles. The highest BCUT2D eigenvalue weighted by atomic mass is 32.2. The quantitative estimate of drug-likeness (QED) is 0.925. The van der Waals surface area contributed by atoms with Gasteiger partial charge >= 0.3 is 0 Å². The van der Waals surface area contributed by atoms with Crippen LogP contribution >= 0.6 is 0 Å². The van der Waals surface area contributed by atoms with Crippen molar-refractivity contribution in [1.29, 1.82) is 0 Å². The topological polar surface area (TPSA) is 55.4 Å². The molecule has 1 aromatic rings. The van der Waals surface area contributed by atoms with E-state index in [1.54, 1.807) is 12.1 Å². The van der Waals surface area contributed by atoms with Crippen LogP contribution in [0.4, 0.5) is 0 Å². The second kappa shape index (κ2) is 5.47. The molecule has 2 aliphatic heterocycles. The molecule has 0 saturated carbocycles. The molecule has 1 N–H and O–H groups in total. The van der Waals surface area contributed by atoms with Gasteiger partial charge in [0, 0.05) is 19.2 Å². The second-order valence-corrected chi connectivity index (χ2v) is 7.81. The van der Waals surface area contributed by atoms with Crippen molar-refractivity contribution < 1.29 is 13.2 Å². The largest absolute Gasteiger partial charge is 0.378 e. The smallest absolute Gasteiger partial charge is 0.178 e. The van der Waals surface area contributed by atoms with Gasteiger partial charge in [-0.2, -0.15) is 0 Å². The Morgan fingerprint density at radius 3 is 2.85 bits per heavy atom. The lowest BCUT2D eigenvalue weighted by Gasteiger charge is -2.28. The van der Waals surface area contributed by atoms with Gasteiger partial charge in [0.2, 0.25) is 0 Å². The van der Waals surface area contributed by atoms with Crippen LogP contribution in [0.5, 0.6) is 0 Å². The van der Waals surface area contributed by atoms with Gasteiger partial charge in [0.05, 0.1) is 16.8 Å². The maximum absolute atomic E-state index is 12.1. The van der Waals surface area contributed by atoms with E-state index in [0.29, 0.717) is 23.3 Å². The highest BCUT2D eigenvalue weighted by Gasteiger charge is 2.31. The summed E-state index contributed by atoms with van der Waals surface area (Å²) in [6.07, 6.45) is 2.03. The van der Waals surface area contributed by atoms with Crippen LogP contribution in [0.3, 0.4) is 0 Å². The van der Waals surface area contributed by atoms with Crippen molar-refractivity contribution in [2.24, 2.45) is 5.92 Å². The third-order valence-corrected chi connectivity index (χ3v) is 6.28. The summed E-state index contributed by atoms with van der Waals surface area (Å²) in [5, 5.41) is 3.54. The number of rotatable bonds is 3. The number of benzene rings is 1. The van der Waals surface area contributed by atoms with E-state index in [1.165, 1.54) is 0 Å². The number of sulfone groups is 1. The van der Waals surface area contributed by atoms with Crippen molar-refractivity contribution in [2.75, 3.05) is 18.9 Å². The number of hydrogen-bond donors (Lipinski definition) is 1. The molecule has 1 aromatic carbocycles. The first-order valence-corrected chi connectivity index (χ1v) is 8.90. The van der Waals surface area contributed by atoms with Gasteiger partial charge in [-0.15, -0.1) is 0 Å². The average molecular weight is 295 g/mol. The first-order valence-electron chi connectivity index (χ1n) is 7.24. The molecule has 5 heteroatoms. The zero-order valence-corrected chi connectivity index (χ0v) is 12.5. The third-order valence-electron chi connectivity index (χ3n) is 4.46. The van der Waals surface area contributed by atoms with Gasteiger partial charge < -0.3 is 10.1 Å². The molecule has 0 radical (unpaired) electrons. The zero-order chi connectivity index (χ0) is 14.2. The van der Waals surface area contributed by atoms with Crippen LogP contribution in [0.25, 0.3) is 0 Å². The minimum absolute atomic E-state index is 0.141.